The van der Waals surface area contributed by atoms with Crippen molar-refractivity contribution in [1.82, 2.24) is 10.1 Å². The molecule has 0 aliphatic heterocycles. The van der Waals surface area contributed by atoms with Gasteiger partial charge in [0.2, 0.25) is 5.89 Å². The Morgan fingerprint density at radius 1 is 1.44 bits per heavy atom. The van der Waals surface area contributed by atoms with Crippen molar-refractivity contribution < 1.29 is 8.91 Å². The van der Waals surface area contributed by atoms with Gasteiger partial charge in [-0.05, 0) is 24.6 Å². The number of anilines is 1. The first-order chi connectivity index (χ1) is 8.69. The fraction of sp³-hybridized carbons (Fsp3) is 0.333. The largest absolute Gasteiger partial charge is 0.374 e. The van der Waals surface area contributed by atoms with Gasteiger partial charge >= 0.3 is 0 Å². The molecule has 0 unspecified atom stereocenters. The van der Waals surface area contributed by atoms with Crippen molar-refractivity contribution in [3.05, 3.63) is 40.8 Å². The molecule has 18 heavy (non-hydrogen) atoms. The zero-order chi connectivity index (χ0) is 13.0. The summed E-state index contributed by atoms with van der Waals surface area (Å²) < 4.78 is 18.5. The number of aromatic nitrogens is 2. The molecule has 0 amide bonds. The van der Waals surface area contributed by atoms with Gasteiger partial charge in [-0.1, -0.05) is 23.7 Å². The number of hydrogen-bond acceptors (Lipinski definition) is 4. The summed E-state index contributed by atoms with van der Waals surface area (Å²) in [5.41, 5.74) is 0.356. The molecule has 4 nitrogen and oxygen atoms in total. The van der Waals surface area contributed by atoms with Crippen LogP contribution in [0.1, 0.15) is 25.1 Å². The third-order valence-corrected chi connectivity index (χ3v) is 2.58. The van der Waals surface area contributed by atoms with Crippen LogP contribution in [0.3, 0.4) is 0 Å². The second kappa shape index (κ2) is 5.82. The van der Waals surface area contributed by atoms with Crippen molar-refractivity contribution in [3.63, 3.8) is 0 Å². The molecule has 1 heterocycles. The van der Waals surface area contributed by atoms with Crippen molar-refractivity contribution in [1.29, 1.82) is 0 Å². The maximum absolute atomic E-state index is 13.5. The van der Waals surface area contributed by atoms with Gasteiger partial charge in [0.25, 0.3) is 0 Å². The van der Waals surface area contributed by atoms with E-state index in [9.17, 15) is 4.39 Å². The molecule has 0 saturated heterocycles. The van der Waals surface area contributed by atoms with Crippen LogP contribution in [0.15, 0.2) is 22.7 Å². The summed E-state index contributed by atoms with van der Waals surface area (Å²) in [4.78, 5) is 4.17. The number of halogens is 2. The van der Waals surface area contributed by atoms with Crippen LogP contribution in [-0.4, -0.2) is 10.1 Å². The van der Waals surface area contributed by atoms with E-state index in [0.717, 1.165) is 12.8 Å². The summed E-state index contributed by atoms with van der Waals surface area (Å²) >= 11 is 5.66. The Kier molecular flexibility index (Phi) is 4.15. The molecule has 0 spiro atoms. The lowest BCUT2D eigenvalue weighted by atomic mass is 10.3. The summed E-state index contributed by atoms with van der Waals surface area (Å²) in [6.45, 7) is 2.33. The number of nitrogens with one attached hydrogen (secondary N) is 1. The summed E-state index contributed by atoms with van der Waals surface area (Å²) in [6.07, 6.45) is 1.73. The molecule has 6 heteroatoms. The molecule has 96 valence electrons. The first kappa shape index (κ1) is 12.8. The quantitative estimate of drug-likeness (QED) is 0.903. The second-order valence-electron chi connectivity index (χ2n) is 3.83. The van der Waals surface area contributed by atoms with Gasteiger partial charge in [0.15, 0.2) is 5.82 Å². The SMILES string of the molecule is CCCc1noc(CNc2ccc(Cl)cc2F)n1. The third kappa shape index (κ3) is 3.20. The number of aryl methyl sites for hydroxylation is 1. The molecule has 1 aromatic carbocycles. The van der Waals surface area contributed by atoms with E-state index in [1.54, 1.807) is 12.1 Å². The normalized spacial score (nSPS) is 10.6. The van der Waals surface area contributed by atoms with Gasteiger partial charge in [0, 0.05) is 11.4 Å². The van der Waals surface area contributed by atoms with Crippen LogP contribution in [0.4, 0.5) is 10.1 Å². The minimum absolute atomic E-state index is 0.287. The first-order valence-corrected chi connectivity index (χ1v) is 6.07. The van der Waals surface area contributed by atoms with E-state index >= 15 is 0 Å². The van der Waals surface area contributed by atoms with Crippen LogP contribution < -0.4 is 5.32 Å². The molecule has 2 aromatic rings. The average molecular weight is 270 g/mol. The lowest BCUT2D eigenvalue weighted by molar-refractivity contribution is 0.377. The smallest absolute Gasteiger partial charge is 0.245 e. The summed E-state index contributed by atoms with van der Waals surface area (Å²) in [5, 5.41) is 7.06. The molecule has 2 rings (SSSR count). The third-order valence-electron chi connectivity index (χ3n) is 2.34. The minimum atomic E-state index is -0.407. The lowest BCUT2D eigenvalue weighted by Crippen LogP contribution is -2.01. The molecule has 0 aliphatic rings. The number of hydrogen-bond donors (Lipinski definition) is 1. The maximum atomic E-state index is 13.5. The first-order valence-electron chi connectivity index (χ1n) is 5.69. The predicted octanol–water partition coefficient (Wildman–Crippen LogP) is 3.43. The molecule has 0 radical (unpaired) electrons. The number of rotatable bonds is 5. The van der Waals surface area contributed by atoms with Crippen LogP contribution in [0.2, 0.25) is 5.02 Å². The van der Waals surface area contributed by atoms with Crippen LogP contribution in [0.25, 0.3) is 0 Å². The zero-order valence-corrected chi connectivity index (χ0v) is 10.7. The monoisotopic (exact) mass is 269 g/mol. The fourth-order valence-electron chi connectivity index (χ4n) is 1.49. The number of benzene rings is 1. The van der Waals surface area contributed by atoms with Crippen LogP contribution >= 0.6 is 11.6 Å². The minimum Gasteiger partial charge on any atom is -0.374 e. The molecular weight excluding hydrogens is 257 g/mol. The van der Waals surface area contributed by atoms with Crippen molar-refractivity contribution in [2.45, 2.75) is 26.3 Å². The highest BCUT2D eigenvalue weighted by Crippen LogP contribution is 2.19. The topological polar surface area (TPSA) is 51.0 Å². The highest BCUT2D eigenvalue weighted by Gasteiger charge is 2.07. The molecular formula is C12H13ClFN3O. The Morgan fingerprint density at radius 2 is 2.28 bits per heavy atom. The Balaban J connectivity index is 1.97. The van der Waals surface area contributed by atoms with Crippen molar-refractivity contribution in [3.8, 4) is 0 Å². The van der Waals surface area contributed by atoms with Gasteiger partial charge in [-0.2, -0.15) is 4.98 Å². The van der Waals surface area contributed by atoms with Crippen LogP contribution in [-0.2, 0) is 13.0 Å². The van der Waals surface area contributed by atoms with E-state index in [2.05, 4.69) is 15.5 Å². The molecule has 0 aliphatic carbocycles. The van der Waals surface area contributed by atoms with Crippen LogP contribution in [0.5, 0.6) is 0 Å². The molecule has 1 aromatic heterocycles. The van der Waals surface area contributed by atoms with E-state index < -0.39 is 5.82 Å². The Hall–Kier alpha value is -1.62. The predicted molar refractivity (Wildman–Crippen MR) is 67.0 cm³/mol. The number of nitrogens with zero attached hydrogens (tertiary/aromatic N) is 2. The van der Waals surface area contributed by atoms with Crippen LogP contribution in [0, 0.1) is 5.82 Å². The van der Waals surface area contributed by atoms with E-state index in [-0.39, 0.29) is 6.54 Å². The van der Waals surface area contributed by atoms with Gasteiger partial charge in [0.1, 0.15) is 5.82 Å². The van der Waals surface area contributed by atoms with Crippen molar-refractivity contribution >= 4 is 17.3 Å². The molecule has 0 saturated carbocycles. The molecule has 1 N–H and O–H groups in total. The highest BCUT2D eigenvalue weighted by molar-refractivity contribution is 6.30. The van der Waals surface area contributed by atoms with E-state index in [1.807, 2.05) is 6.92 Å². The summed E-state index contributed by atoms with van der Waals surface area (Å²) in [6, 6.07) is 4.44. The van der Waals surface area contributed by atoms with E-state index in [0.29, 0.717) is 22.4 Å². The molecule has 0 atom stereocenters. The molecule has 0 fully saturated rings. The summed E-state index contributed by atoms with van der Waals surface area (Å²) in [7, 11) is 0. The van der Waals surface area contributed by atoms with Gasteiger partial charge in [0.05, 0.1) is 12.2 Å². The lowest BCUT2D eigenvalue weighted by Gasteiger charge is -2.04. The maximum Gasteiger partial charge on any atom is 0.245 e. The second-order valence-corrected chi connectivity index (χ2v) is 4.27. The fourth-order valence-corrected chi connectivity index (χ4v) is 1.65. The van der Waals surface area contributed by atoms with Crippen molar-refractivity contribution in [2.24, 2.45) is 0 Å². The van der Waals surface area contributed by atoms with Gasteiger partial charge < -0.3 is 9.84 Å². The zero-order valence-electron chi connectivity index (χ0n) is 9.91. The van der Waals surface area contributed by atoms with Gasteiger partial charge in [-0.3, -0.25) is 0 Å². The molecule has 0 bridgehead atoms. The average Bonchev–Trinajstić information content (AvgIpc) is 2.76. The van der Waals surface area contributed by atoms with Gasteiger partial charge in [-0.15, -0.1) is 0 Å². The Labute approximate surface area is 109 Å². The highest BCUT2D eigenvalue weighted by atomic mass is 35.5. The van der Waals surface area contributed by atoms with Gasteiger partial charge in [-0.25, -0.2) is 4.39 Å². The Morgan fingerprint density at radius 3 is 3.00 bits per heavy atom. The van der Waals surface area contributed by atoms with E-state index in [4.69, 9.17) is 16.1 Å². The van der Waals surface area contributed by atoms with Crippen molar-refractivity contribution in [2.75, 3.05) is 5.32 Å². The Bertz CT molecular complexity index is 530. The van der Waals surface area contributed by atoms with E-state index in [1.165, 1.54) is 6.07 Å². The summed E-state index contributed by atoms with van der Waals surface area (Å²) in [5.74, 6) is 0.703. The standard InChI is InChI=1S/C12H13ClFN3O/c1-2-3-11-16-12(18-17-11)7-15-10-5-4-8(13)6-9(10)14/h4-6,15H,2-3,7H2,1H3.